The van der Waals surface area contributed by atoms with Crippen LogP contribution in [0.3, 0.4) is 0 Å². The van der Waals surface area contributed by atoms with Crippen LogP contribution in [0.15, 0.2) is 48.9 Å². The first-order chi connectivity index (χ1) is 10.2. The number of hydrogen-bond donors (Lipinski definition) is 1. The quantitative estimate of drug-likeness (QED) is 0.786. The lowest BCUT2D eigenvalue weighted by atomic mass is 9.99. The molecule has 1 atom stereocenters. The van der Waals surface area contributed by atoms with Crippen molar-refractivity contribution in [1.29, 1.82) is 0 Å². The SMILES string of the molecule is OC(Cc1ccncc1Cl)c1ccc(Cl)c2cccnc12. The van der Waals surface area contributed by atoms with Crippen molar-refractivity contribution in [2.24, 2.45) is 0 Å². The van der Waals surface area contributed by atoms with Gasteiger partial charge >= 0.3 is 0 Å². The summed E-state index contributed by atoms with van der Waals surface area (Å²) in [6.07, 6.45) is 4.61. The fourth-order valence-electron chi connectivity index (χ4n) is 2.32. The summed E-state index contributed by atoms with van der Waals surface area (Å²) in [4.78, 5) is 8.28. The van der Waals surface area contributed by atoms with Crippen LogP contribution in [0, 0.1) is 0 Å². The highest BCUT2D eigenvalue weighted by atomic mass is 35.5. The lowest BCUT2D eigenvalue weighted by Crippen LogP contribution is -2.04. The van der Waals surface area contributed by atoms with Crippen molar-refractivity contribution >= 4 is 34.1 Å². The Morgan fingerprint density at radius 2 is 1.90 bits per heavy atom. The number of aliphatic hydroxyl groups is 1. The molecular formula is C16H12Cl2N2O. The molecule has 0 fully saturated rings. The fourth-order valence-corrected chi connectivity index (χ4v) is 2.73. The number of halogens is 2. The predicted octanol–water partition coefficient (Wildman–Crippen LogP) is 4.21. The van der Waals surface area contributed by atoms with Gasteiger partial charge in [0.15, 0.2) is 0 Å². The molecular weight excluding hydrogens is 307 g/mol. The van der Waals surface area contributed by atoms with E-state index in [-0.39, 0.29) is 0 Å². The Bertz CT molecular complexity index is 792. The first-order valence-electron chi connectivity index (χ1n) is 6.46. The zero-order valence-electron chi connectivity index (χ0n) is 11.0. The van der Waals surface area contributed by atoms with Crippen LogP contribution in [0.4, 0.5) is 0 Å². The van der Waals surface area contributed by atoms with Crippen molar-refractivity contribution in [2.75, 3.05) is 0 Å². The molecule has 0 spiro atoms. The molecule has 0 saturated carbocycles. The molecule has 0 bridgehead atoms. The summed E-state index contributed by atoms with van der Waals surface area (Å²) < 4.78 is 0. The molecule has 2 aromatic heterocycles. The van der Waals surface area contributed by atoms with E-state index in [0.29, 0.717) is 22.0 Å². The molecule has 3 rings (SSSR count). The van der Waals surface area contributed by atoms with Gasteiger partial charge < -0.3 is 5.11 Å². The molecule has 106 valence electrons. The van der Waals surface area contributed by atoms with E-state index in [4.69, 9.17) is 23.2 Å². The molecule has 3 aromatic rings. The summed E-state index contributed by atoms with van der Waals surface area (Å²) in [5.74, 6) is 0. The highest BCUT2D eigenvalue weighted by Gasteiger charge is 2.15. The van der Waals surface area contributed by atoms with Crippen LogP contribution in [0.25, 0.3) is 10.9 Å². The van der Waals surface area contributed by atoms with E-state index in [1.165, 1.54) is 0 Å². The van der Waals surface area contributed by atoms with Gasteiger partial charge in [0.05, 0.1) is 16.6 Å². The van der Waals surface area contributed by atoms with E-state index in [0.717, 1.165) is 16.5 Å². The molecule has 1 N–H and O–H groups in total. The van der Waals surface area contributed by atoms with Gasteiger partial charge in [-0.2, -0.15) is 0 Å². The zero-order valence-corrected chi connectivity index (χ0v) is 12.5. The maximum Gasteiger partial charge on any atom is 0.0852 e. The zero-order chi connectivity index (χ0) is 14.8. The van der Waals surface area contributed by atoms with Crippen LogP contribution >= 0.6 is 23.2 Å². The monoisotopic (exact) mass is 318 g/mol. The second-order valence-electron chi connectivity index (χ2n) is 4.72. The van der Waals surface area contributed by atoms with Gasteiger partial charge in [0.1, 0.15) is 0 Å². The number of aliphatic hydroxyl groups excluding tert-OH is 1. The average Bonchev–Trinajstić information content (AvgIpc) is 2.50. The number of fused-ring (bicyclic) bond motifs is 1. The van der Waals surface area contributed by atoms with Crippen LogP contribution in [-0.4, -0.2) is 15.1 Å². The number of hydrogen-bond acceptors (Lipinski definition) is 3. The molecule has 0 saturated heterocycles. The Morgan fingerprint density at radius 1 is 1.05 bits per heavy atom. The number of benzene rings is 1. The van der Waals surface area contributed by atoms with Crippen molar-refractivity contribution in [1.82, 2.24) is 9.97 Å². The van der Waals surface area contributed by atoms with E-state index in [2.05, 4.69) is 9.97 Å². The lowest BCUT2D eigenvalue weighted by molar-refractivity contribution is 0.180. The largest absolute Gasteiger partial charge is 0.388 e. The highest BCUT2D eigenvalue weighted by molar-refractivity contribution is 6.35. The van der Waals surface area contributed by atoms with Crippen LogP contribution in [0.2, 0.25) is 10.0 Å². The molecule has 0 aliphatic carbocycles. The number of nitrogens with zero attached hydrogens (tertiary/aromatic N) is 2. The third-order valence-corrected chi connectivity index (χ3v) is 4.05. The Kier molecular flexibility index (Phi) is 4.06. The predicted molar refractivity (Wildman–Crippen MR) is 84.7 cm³/mol. The molecule has 5 heteroatoms. The Balaban J connectivity index is 2.01. The molecule has 2 heterocycles. The molecule has 0 amide bonds. The minimum Gasteiger partial charge on any atom is -0.388 e. The van der Waals surface area contributed by atoms with Gasteiger partial charge in [0.2, 0.25) is 0 Å². The normalized spacial score (nSPS) is 12.5. The van der Waals surface area contributed by atoms with Crippen LogP contribution in [0.1, 0.15) is 17.2 Å². The van der Waals surface area contributed by atoms with Gasteiger partial charge in [-0.25, -0.2) is 0 Å². The summed E-state index contributed by atoms with van der Waals surface area (Å²) in [5, 5.41) is 12.5. The molecule has 3 nitrogen and oxygen atoms in total. The minimum absolute atomic E-state index is 0.397. The summed E-state index contributed by atoms with van der Waals surface area (Å²) in [5.41, 5.74) is 2.30. The second-order valence-corrected chi connectivity index (χ2v) is 5.54. The smallest absolute Gasteiger partial charge is 0.0852 e. The third-order valence-electron chi connectivity index (χ3n) is 3.38. The van der Waals surface area contributed by atoms with E-state index >= 15 is 0 Å². The summed E-state index contributed by atoms with van der Waals surface area (Å²) in [6.45, 7) is 0. The van der Waals surface area contributed by atoms with Gasteiger partial charge in [-0.1, -0.05) is 29.3 Å². The first-order valence-corrected chi connectivity index (χ1v) is 7.22. The maximum atomic E-state index is 10.5. The number of rotatable bonds is 3. The van der Waals surface area contributed by atoms with Gasteiger partial charge in [0.25, 0.3) is 0 Å². The number of pyridine rings is 2. The minimum atomic E-state index is -0.709. The van der Waals surface area contributed by atoms with Crippen LogP contribution in [0.5, 0.6) is 0 Å². The Labute approximate surface area is 132 Å². The molecule has 0 aliphatic heterocycles. The molecule has 0 radical (unpaired) electrons. The van der Waals surface area contributed by atoms with Gasteiger partial charge in [-0.15, -0.1) is 0 Å². The van der Waals surface area contributed by atoms with Crippen molar-refractivity contribution in [2.45, 2.75) is 12.5 Å². The van der Waals surface area contributed by atoms with Crippen molar-refractivity contribution in [3.05, 3.63) is 70.1 Å². The maximum absolute atomic E-state index is 10.5. The molecule has 1 unspecified atom stereocenters. The van der Waals surface area contributed by atoms with E-state index < -0.39 is 6.10 Å². The van der Waals surface area contributed by atoms with Gasteiger partial charge in [-0.3, -0.25) is 9.97 Å². The van der Waals surface area contributed by atoms with E-state index in [1.807, 2.05) is 12.1 Å². The second kappa shape index (κ2) is 5.98. The first kappa shape index (κ1) is 14.3. The summed E-state index contributed by atoms with van der Waals surface area (Å²) >= 11 is 12.3. The molecule has 21 heavy (non-hydrogen) atoms. The van der Waals surface area contributed by atoms with Crippen molar-refractivity contribution in [3.63, 3.8) is 0 Å². The summed E-state index contributed by atoms with van der Waals surface area (Å²) in [7, 11) is 0. The van der Waals surface area contributed by atoms with E-state index in [9.17, 15) is 5.11 Å². The lowest BCUT2D eigenvalue weighted by Gasteiger charge is -2.14. The fraction of sp³-hybridized carbons (Fsp3) is 0.125. The molecule has 0 aliphatic rings. The summed E-state index contributed by atoms with van der Waals surface area (Å²) in [6, 6.07) is 9.09. The van der Waals surface area contributed by atoms with Gasteiger partial charge in [0, 0.05) is 41.0 Å². The number of aromatic nitrogens is 2. The van der Waals surface area contributed by atoms with Crippen LogP contribution < -0.4 is 0 Å². The standard InChI is InChI=1S/C16H12Cl2N2O/c17-13-4-3-12(16-11(13)2-1-6-20-16)15(21)8-10-5-7-19-9-14(10)18/h1-7,9,15,21H,8H2. The Hall–Kier alpha value is -1.68. The van der Waals surface area contributed by atoms with Crippen molar-refractivity contribution < 1.29 is 5.11 Å². The van der Waals surface area contributed by atoms with Crippen LogP contribution in [-0.2, 0) is 6.42 Å². The topological polar surface area (TPSA) is 46.0 Å². The molecule has 1 aromatic carbocycles. The average molecular weight is 319 g/mol. The van der Waals surface area contributed by atoms with E-state index in [1.54, 1.807) is 36.8 Å². The third kappa shape index (κ3) is 2.86. The Morgan fingerprint density at radius 3 is 2.71 bits per heavy atom. The highest BCUT2D eigenvalue weighted by Crippen LogP contribution is 2.30. The van der Waals surface area contributed by atoms with Gasteiger partial charge in [-0.05, 0) is 29.8 Å². The van der Waals surface area contributed by atoms with Crippen molar-refractivity contribution in [3.8, 4) is 0 Å².